The number of fused-ring (bicyclic) bond motifs is 1. The number of imide groups is 1. The number of nitro benzene ring substituents is 1. The lowest BCUT2D eigenvalue weighted by Crippen LogP contribution is -2.30. The summed E-state index contributed by atoms with van der Waals surface area (Å²) in [6.07, 6.45) is 2.18. The highest BCUT2D eigenvalue weighted by atomic mass is 16.6. The van der Waals surface area contributed by atoms with Gasteiger partial charge in [-0.2, -0.15) is 0 Å². The molecule has 3 atom stereocenters. The van der Waals surface area contributed by atoms with Crippen molar-refractivity contribution in [2.45, 2.75) is 25.2 Å². The Balaban J connectivity index is 1.61. The summed E-state index contributed by atoms with van der Waals surface area (Å²) < 4.78 is 0. The van der Waals surface area contributed by atoms with E-state index in [0.29, 0.717) is 18.5 Å². The topological polar surface area (TPSA) is 80.5 Å². The average molecular weight is 350 g/mol. The smallest absolute Gasteiger partial charge is 0.271 e. The van der Waals surface area contributed by atoms with Crippen LogP contribution in [0.15, 0.2) is 54.6 Å². The molecule has 0 bridgehead atoms. The summed E-state index contributed by atoms with van der Waals surface area (Å²) in [7, 11) is 0. The summed E-state index contributed by atoms with van der Waals surface area (Å²) in [4.78, 5) is 37.4. The number of nitro groups is 1. The van der Waals surface area contributed by atoms with E-state index >= 15 is 0 Å². The Morgan fingerprint density at radius 1 is 0.923 bits per heavy atom. The highest BCUT2D eigenvalue weighted by molar-refractivity contribution is 6.22. The lowest BCUT2D eigenvalue weighted by molar-refractivity contribution is -0.384. The number of carbonyl (C=O) groups is 2. The molecule has 6 heteroatoms. The first-order chi connectivity index (χ1) is 12.6. The van der Waals surface area contributed by atoms with Crippen molar-refractivity contribution in [2.75, 3.05) is 4.90 Å². The van der Waals surface area contributed by atoms with Gasteiger partial charge in [0, 0.05) is 12.1 Å². The van der Waals surface area contributed by atoms with Crippen molar-refractivity contribution in [1.29, 1.82) is 0 Å². The summed E-state index contributed by atoms with van der Waals surface area (Å²) in [6, 6.07) is 15.8. The van der Waals surface area contributed by atoms with Gasteiger partial charge in [0.2, 0.25) is 11.8 Å². The summed E-state index contributed by atoms with van der Waals surface area (Å²) in [6.45, 7) is 0. The molecular formula is C20H18N2O4. The van der Waals surface area contributed by atoms with E-state index in [4.69, 9.17) is 0 Å². The quantitative estimate of drug-likeness (QED) is 0.480. The van der Waals surface area contributed by atoms with Crippen LogP contribution >= 0.6 is 0 Å². The van der Waals surface area contributed by atoms with Crippen LogP contribution in [0.1, 0.15) is 30.7 Å². The number of nitrogens with zero attached hydrogens (tertiary/aromatic N) is 2. The minimum absolute atomic E-state index is 0.125. The largest absolute Gasteiger partial charge is 0.274 e. The Hall–Kier alpha value is -3.02. The van der Waals surface area contributed by atoms with E-state index < -0.39 is 4.92 Å². The van der Waals surface area contributed by atoms with Crippen LogP contribution in [0.5, 0.6) is 0 Å². The van der Waals surface area contributed by atoms with Crippen LogP contribution in [0.3, 0.4) is 0 Å². The molecule has 1 aliphatic carbocycles. The fourth-order valence-corrected chi connectivity index (χ4v) is 4.21. The normalized spacial score (nSPS) is 25.2. The maximum atomic E-state index is 12.9. The molecule has 2 amide bonds. The van der Waals surface area contributed by atoms with E-state index in [9.17, 15) is 19.7 Å². The van der Waals surface area contributed by atoms with E-state index in [1.165, 1.54) is 23.8 Å². The average Bonchev–Trinajstić information content (AvgIpc) is 2.92. The van der Waals surface area contributed by atoms with Crippen molar-refractivity contribution in [3.63, 3.8) is 0 Å². The van der Waals surface area contributed by atoms with E-state index in [1.54, 1.807) is 6.07 Å². The lowest BCUT2D eigenvalue weighted by Gasteiger charge is -2.28. The van der Waals surface area contributed by atoms with Crippen LogP contribution in [0.4, 0.5) is 11.4 Å². The maximum absolute atomic E-state index is 12.9. The molecule has 2 aliphatic rings. The molecular weight excluding hydrogens is 332 g/mol. The van der Waals surface area contributed by atoms with Crippen LogP contribution in [0.25, 0.3) is 0 Å². The number of rotatable bonds is 3. The summed E-state index contributed by atoms with van der Waals surface area (Å²) >= 11 is 0. The summed E-state index contributed by atoms with van der Waals surface area (Å²) in [5, 5.41) is 11.0. The lowest BCUT2D eigenvalue weighted by atomic mass is 9.73. The van der Waals surface area contributed by atoms with Gasteiger partial charge in [0.1, 0.15) is 0 Å². The second-order valence-corrected chi connectivity index (χ2v) is 6.92. The van der Waals surface area contributed by atoms with Gasteiger partial charge in [0.15, 0.2) is 0 Å². The highest BCUT2D eigenvalue weighted by Gasteiger charge is 2.50. The molecule has 0 N–H and O–H groups in total. The molecule has 132 valence electrons. The van der Waals surface area contributed by atoms with Gasteiger partial charge in [-0.05, 0) is 36.8 Å². The highest BCUT2D eigenvalue weighted by Crippen LogP contribution is 2.45. The molecule has 2 fully saturated rings. The first kappa shape index (κ1) is 16.4. The molecule has 0 aromatic heterocycles. The first-order valence-electron chi connectivity index (χ1n) is 8.73. The minimum Gasteiger partial charge on any atom is -0.274 e. The number of carbonyl (C=O) groups excluding carboxylic acids is 2. The monoisotopic (exact) mass is 350 g/mol. The molecule has 1 saturated heterocycles. The molecule has 0 spiro atoms. The zero-order chi connectivity index (χ0) is 18.3. The third kappa shape index (κ3) is 2.67. The van der Waals surface area contributed by atoms with Crippen molar-refractivity contribution in [2.24, 2.45) is 11.8 Å². The molecule has 6 nitrogen and oxygen atoms in total. The van der Waals surface area contributed by atoms with Crippen molar-refractivity contribution >= 4 is 23.2 Å². The van der Waals surface area contributed by atoms with E-state index in [0.717, 1.165) is 11.3 Å². The van der Waals surface area contributed by atoms with Crippen LogP contribution in [0.2, 0.25) is 0 Å². The molecule has 1 heterocycles. The van der Waals surface area contributed by atoms with Gasteiger partial charge < -0.3 is 0 Å². The van der Waals surface area contributed by atoms with Crippen LogP contribution < -0.4 is 4.90 Å². The van der Waals surface area contributed by atoms with Gasteiger partial charge in [-0.3, -0.25) is 19.7 Å². The predicted molar refractivity (Wildman–Crippen MR) is 95.6 cm³/mol. The number of non-ortho nitro benzene ring substituents is 1. The van der Waals surface area contributed by atoms with Gasteiger partial charge in [0.25, 0.3) is 5.69 Å². The molecule has 26 heavy (non-hydrogen) atoms. The molecule has 4 rings (SSSR count). The molecule has 2 aromatic carbocycles. The Morgan fingerprint density at radius 2 is 1.65 bits per heavy atom. The van der Waals surface area contributed by atoms with Gasteiger partial charge in [-0.1, -0.05) is 36.4 Å². The van der Waals surface area contributed by atoms with E-state index in [1.807, 2.05) is 18.2 Å². The van der Waals surface area contributed by atoms with Crippen LogP contribution in [0, 0.1) is 22.0 Å². The van der Waals surface area contributed by atoms with Gasteiger partial charge in [-0.15, -0.1) is 0 Å². The van der Waals surface area contributed by atoms with Crippen LogP contribution in [-0.4, -0.2) is 16.7 Å². The molecule has 1 aliphatic heterocycles. The second kappa shape index (κ2) is 6.37. The molecule has 2 aromatic rings. The number of amides is 2. The third-order valence-corrected chi connectivity index (χ3v) is 5.50. The zero-order valence-electron chi connectivity index (χ0n) is 14.1. The minimum atomic E-state index is -0.521. The number of benzene rings is 2. The Kier molecular flexibility index (Phi) is 4.03. The van der Waals surface area contributed by atoms with Crippen molar-refractivity contribution in [3.05, 3.63) is 70.3 Å². The third-order valence-electron chi connectivity index (χ3n) is 5.50. The fourth-order valence-electron chi connectivity index (χ4n) is 4.21. The Bertz CT molecular complexity index is 880. The fraction of sp³-hybridized carbons (Fsp3) is 0.300. The number of anilines is 1. The van der Waals surface area contributed by atoms with E-state index in [2.05, 4.69) is 12.1 Å². The zero-order valence-corrected chi connectivity index (χ0v) is 14.1. The number of hydrogen-bond donors (Lipinski definition) is 0. The molecule has 0 radical (unpaired) electrons. The van der Waals surface area contributed by atoms with Crippen molar-refractivity contribution in [1.82, 2.24) is 0 Å². The second-order valence-electron chi connectivity index (χ2n) is 6.92. The summed E-state index contributed by atoms with van der Waals surface area (Å²) in [5.74, 6) is -0.866. The van der Waals surface area contributed by atoms with Crippen molar-refractivity contribution < 1.29 is 14.5 Å². The SMILES string of the molecule is O=C1[C@H]2C[C@@H](c3ccccc3)CC[C@H]2C(=O)N1c1cccc([N+](=O)[O-])c1. The standard InChI is InChI=1S/C20H18N2O4/c23-19-17-10-9-14(13-5-2-1-3-6-13)11-18(17)20(24)21(19)15-7-4-8-16(12-15)22(25)26/h1-8,12,14,17-18H,9-11H2/t14-,17+,18-/m0/s1. The van der Waals surface area contributed by atoms with Crippen molar-refractivity contribution in [3.8, 4) is 0 Å². The predicted octanol–water partition coefficient (Wildman–Crippen LogP) is 3.67. The Labute approximate surface area is 150 Å². The molecule has 0 unspecified atom stereocenters. The first-order valence-corrected chi connectivity index (χ1v) is 8.73. The van der Waals surface area contributed by atoms with Gasteiger partial charge >= 0.3 is 0 Å². The maximum Gasteiger partial charge on any atom is 0.271 e. The summed E-state index contributed by atoms with van der Waals surface area (Å²) in [5.41, 5.74) is 1.36. The molecule has 1 saturated carbocycles. The Morgan fingerprint density at radius 3 is 2.38 bits per heavy atom. The van der Waals surface area contributed by atoms with Gasteiger partial charge in [0.05, 0.1) is 22.4 Å². The van der Waals surface area contributed by atoms with Gasteiger partial charge in [-0.25, -0.2) is 4.90 Å². The van der Waals surface area contributed by atoms with E-state index in [-0.39, 0.29) is 35.3 Å². The number of hydrogen-bond acceptors (Lipinski definition) is 4. The van der Waals surface area contributed by atoms with Crippen LogP contribution in [-0.2, 0) is 9.59 Å².